The van der Waals surface area contributed by atoms with Crippen molar-refractivity contribution >= 4 is 85.9 Å². The highest BCUT2D eigenvalue weighted by Crippen LogP contribution is 2.52. The van der Waals surface area contributed by atoms with E-state index in [1.54, 1.807) is 49.2 Å². The third kappa shape index (κ3) is 18.5. The Hall–Kier alpha value is -9.81. The van der Waals surface area contributed by atoms with Gasteiger partial charge >= 0.3 is 17.9 Å². The van der Waals surface area contributed by atoms with Gasteiger partial charge in [-0.15, -0.1) is 0 Å². The fraction of sp³-hybridized carbons (Fsp3) is 0.645. The number of hydrogen-bond acceptors (Lipinski definition) is 21. The number of oxime groups is 3. The number of benzene rings is 3. The molecule has 6 saturated heterocycles. The van der Waals surface area contributed by atoms with Crippen molar-refractivity contribution < 1.29 is 58.6 Å². The van der Waals surface area contributed by atoms with Crippen molar-refractivity contribution in [2.24, 2.45) is 68.4 Å². The van der Waals surface area contributed by atoms with E-state index in [4.69, 9.17) is 31.1 Å². The number of amides is 3. The molecule has 123 heavy (non-hydrogen) atoms. The van der Waals surface area contributed by atoms with Crippen LogP contribution >= 0.6 is 0 Å². The molecule has 18 rings (SSSR count). The van der Waals surface area contributed by atoms with Crippen LogP contribution in [-0.2, 0) is 43.3 Å². The summed E-state index contributed by atoms with van der Waals surface area (Å²) in [6.45, 7) is 4.07. The van der Waals surface area contributed by atoms with Crippen molar-refractivity contribution in [3.05, 3.63) is 121 Å². The molecule has 7 N–H and O–H groups in total. The minimum atomic E-state index is -1.46. The first-order chi connectivity index (χ1) is 59.3. The van der Waals surface area contributed by atoms with Crippen molar-refractivity contribution in [1.82, 2.24) is 48.3 Å². The molecule has 8 unspecified atom stereocenters. The fourth-order valence-electron chi connectivity index (χ4n) is 25.1. The van der Waals surface area contributed by atoms with Crippen LogP contribution < -0.4 is 28.1 Å². The summed E-state index contributed by atoms with van der Waals surface area (Å²) < 4.78 is 5.36. The number of likely N-dealkylation sites (N-methyl/N-ethyl adjacent to an activating group) is 1. The predicted octanol–water partition coefficient (Wildman–Crippen LogP) is 11.7. The lowest BCUT2D eigenvalue weighted by molar-refractivity contribution is -0.142. The van der Waals surface area contributed by atoms with Gasteiger partial charge in [0.15, 0.2) is 22.8 Å². The van der Waals surface area contributed by atoms with Crippen LogP contribution in [0.5, 0.6) is 0 Å². The lowest BCUT2D eigenvalue weighted by Crippen LogP contribution is -2.58. The molecule has 12 aliphatic rings. The first-order valence-electron chi connectivity index (χ1n) is 45.8. The number of carboxylic acids is 3. The van der Waals surface area contributed by atoms with Gasteiger partial charge in [-0.3, -0.25) is 43.5 Å². The van der Waals surface area contributed by atoms with Crippen molar-refractivity contribution in [3.8, 4) is 0 Å². The molecule has 20 atom stereocenters. The van der Waals surface area contributed by atoms with Crippen molar-refractivity contribution in [2.75, 3.05) is 20.7 Å². The van der Waals surface area contributed by atoms with Crippen LogP contribution in [0.4, 0.5) is 0 Å². The maximum Gasteiger partial charge on any atom is 0.360 e. The normalized spacial score (nSPS) is 30.8. The standard InChI is InChI=1S/C32H43N5O5.C31H41N5O5.C30H39N5O5/c1-18(2)29(30(33)38)42-35-28(32(40)41)27-31(39)37(26-12-4-3-11-25(26)34-27)24-16-21-9-6-10-22(17-24)36(21)23-14-19-7-5-8-20(13-19)15-23;1-34(2)30(39)29(33-41-18-27(37)38)28-31(40)36(26-12-4-3-11-25(26)32-28)24-16-21-9-6-10-22(17-24)35(21)23-14-19-7-5-8-20(13-19)15-23;1-17(28(31)36)40-33-27(30(38)39)26-29(37)35(25-11-3-2-10-24(25)32-26)23-15-20-8-5-9-21(16-23)34(20)22-13-18-6-4-7-19(12-18)14-22/h3-4,11-12,18-24,29H,5-10,13-17H2,1-2H3,(H2,33,38)(H,40,41);3-4,11-12,19-24H,5-10,13-18H2,1-2H3,(H,37,38);2-3,10-11,17-23H,4-9,12-16H2,1H3,(H2,31,36)(H,38,39)/b35-28-;33-29-;33-27-/t19-,20+,21-,22+,23?,24?,29?;19-,20+,21-,22+,23?,24?;17?,18-,19+,20-,21+,22?,23?. The molecule has 6 saturated carbocycles. The quantitative estimate of drug-likeness (QED) is 0.0311. The number of fused-ring (bicyclic) bond motifs is 15. The van der Waals surface area contributed by atoms with E-state index in [1.807, 2.05) is 65.2 Å². The zero-order chi connectivity index (χ0) is 86.2. The van der Waals surface area contributed by atoms with Gasteiger partial charge in [0.25, 0.3) is 34.4 Å². The number of primary amides is 2. The lowest BCUT2D eigenvalue weighted by atomic mass is 9.68. The van der Waals surface area contributed by atoms with Crippen LogP contribution in [0.25, 0.3) is 33.1 Å². The van der Waals surface area contributed by atoms with E-state index in [0.717, 1.165) is 118 Å². The van der Waals surface area contributed by atoms with E-state index in [-0.39, 0.29) is 52.4 Å². The third-order valence-corrected chi connectivity index (χ3v) is 29.9. The summed E-state index contributed by atoms with van der Waals surface area (Å²) >= 11 is 0. The number of rotatable bonds is 22. The molecule has 6 aliphatic carbocycles. The van der Waals surface area contributed by atoms with Gasteiger partial charge in [-0.25, -0.2) is 29.3 Å². The average Bonchev–Trinajstić information content (AvgIpc) is 0.751. The molecule has 3 aromatic heterocycles. The Morgan fingerprint density at radius 1 is 0.398 bits per heavy atom. The molecular formula is C93H123N15O15. The molecule has 30 nitrogen and oxygen atoms in total. The summed E-state index contributed by atoms with van der Waals surface area (Å²) in [6.07, 6.45) is 37.8. The summed E-state index contributed by atoms with van der Waals surface area (Å²) in [5.41, 5.74) is 10.8. The number of nitrogens with two attached hydrogens (primary N) is 2. The van der Waals surface area contributed by atoms with Gasteiger partial charge in [0.05, 0.1) is 33.1 Å². The molecule has 3 aromatic carbocycles. The molecule has 12 fully saturated rings. The fourth-order valence-corrected chi connectivity index (χ4v) is 25.1. The minimum absolute atomic E-state index is 0.0283. The number of carbonyl (C=O) groups excluding carboxylic acids is 3. The summed E-state index contributed by atoms with van der Waals surface area (Å²) in [5, 5.41) is 40.3. The summed E-state index contributed by atoms with van der Waals surface area (Å²) in [6, 6.07) is 26.5. The van der Waals surface area contributed by atoms with Crippen LogP contribution in [0.1, 0.15) is 268 Å². The molecule has 30 heteroatoms. The topological polar surface area (TPSA) is 398 Å². The second kappa shape index (κ2) is 37.6. The highest BCUT2D eigenvalue weighted by Gasteiger charge is 2.50. The van der Waals surface area contributed by atoms with Gasteiger partial charge in [-0.1, -0.05) is 143 Å². The Morgan fingerprint density at radius 2 is 0.699 bits per heavy atom. The Kier molecular flexibility index (Phi) is 26.5. The van der Waals surface area contributed by atoms with Gasteiger partial charge in [-0.2, -0.15) is 0 Å². The monoisotopic (exact) mass is 1690 g/mol. The maximum atomic E-state index is 14.2. The number of carboxylic acid groups (broad SMARTS) is 3. The molecular weight excluding hydrogens is 1570 g/mol. The second-order valence-corrected chi connectivity index (χ2v) is 38.5. The number of aromatic nitrogens is 6. The van der Waals surface area contributed by atoms with Gasteiger partial charge in [0, 0.05) is 92.5 Å². The smallest absolute Gasteiger partial charge is 0.360 e. The van der Waals surface area contributed by atoms with E-state index in [9.17, 15) is 53.4 Å². The number of para-hydroxylation sites is 6. The largest absolute Gasteiger partial charge is 0.479 e. The van der Waals surface area contributed by atoms with Crippen molar-refractivity contribution in [2.45, 2.75) is 317 Å². The second-order valence-electron chi connectivity index (χ2n) is 38.5. The molecule has 0 spiro atoms. The molecule has 0 radical (unpaired) electrons. The number of carbonyl (C=O) groups is 6. The van der Waals surface area contributed by atoms with E-state index >= 15 is 0 Å². The Labute approximate surface area is 716 Å². The van der Waals surface area contributed by atoms with Crippen LogP contribution in [-0.4, -0.2) is 204 Å². The SMILES string of the molecule is CC(C)C(O/N=C(\C(=O)O)c1nc2ccccc2n(C2C[C@H]3CCC[C@@H](C2)N3C2C[C@H]3CCC[C@@H](C2)C3)c1=O)C(N)=O.CC(O/N=C(\C(=O)O)c1nc2ccccc2n(C2C[C@H]3CCC[C@@H](C2)N3C2C[C@H]3CCC[C@@H](C2)C3)c1=O)C(N)=O.CN(C)C(=O)/C(=N\OCC(=O)O)c1nc2ccccc2n(C2C[C@H]3CCC[C@@H](C2)N3C2C[C@H]3CCC[C@@H](C2)C3)c1=O. The molecule has 12 bridgehead atoms. The Balaban J connectivity index is 0.000000137. The Morgan fingerprint density at radius 3 is 0.984 bits per heavy atom. The van der Waals surface area contributed by atoms with Gasteiger partial charge in [0.1, 0.15) is 0 Å². The van der Waals surface area contributed by atoms with Crippen molar-refractivity contribution in [3.63, 3.8) is 0 Å². The zero-order valence-electron chi connectivity index (χ0n) is 71.8. The molecule has 660 valence electrons. The van der Waals surface area contributed by atoms with Gasteiger partial charge in [0.2, 0.25) is 30.2 Å². The van der Waals surface area contributed by atoms with Crippen LogP contribution in [0, 0.1) is 41.4 Å². The first kappa shape index (κ1) is 86.7. The van der Waals surface area contributed by atoms with Gasteiger partial charge in [-0.05, 0) is 214 Å². The molecule has 6 aromatic rings. The molecule has 6 aliphatic heterocycles. The number of aliphatic carboxylic acids is 3. The Bertz CT molecular complexity index is 5160. The average molecular weight is 1690 g/mol. The number of piperidine rings is 6. The molecule has 9 heterocycles. The van der Waals surface area contributed by atoms with Crippen molar-refractivity contribution in [1.29, 1.82) is 0 Å². The van der Waals surface area contributed by atoms with Gasteiger partial charge < -0.3 is 59.9 Å². The lowest BCUT2D eigenvalue weighted by Gasteiger charge is -2.55. The van der Waals surface area contributed by atoms with Crippen LogP contribution in [0.15, 0.2) is 103 Å². The minimum Gasteiger partial charge on any atom is -0.479 e. The number of nitrogens with zero attached hydrogens (tertiary/aromatic N) is 13. The highest BCUT2D eigenvalue weighted by atomic mass is 16.6. The summed E-state index contributed by atoms with van der Waals surface area (Å²) in [7, 11) is 3.09. The zero-order valence-corrected chi connectivity index (χ0v) is 71.8. The highest BCUT2D eigenvalue weighted by molar-refractivity contribution is 6.44. The summed E-state index contributed by atoms with van der Waals surface area (Å²) in [5.74, 6) is -1.43. The summed E-state index contributed by atoms with van der Waals surface area (Å²) in [4.78, 5) is 153. The first-order valence-corrected chi connectivity index (χ1v) is 45.8. The van der Waals surface area contributed by atoms with E-state index in [0.29, 0.717) is 82.0 Å². The number of hydrogen-bond donors (Lipinski definition) is 5. The predicted molar refractivity (Wildman–Crippen MR) is 464 cm³/mol. The van der Waals surface area contributed by atoms with E-state index in [1.165, 1.54) is 147 Å². The van der Waals surface area contributed by atoms with E-state index < -0.39 is 77.0 Å². The third-order valence-electron chi connectivity index (χ3n) is 29.9. The molecule has 3 amide bonds. The maximum absolute atomic E-state index is 14.2. The van der Waals surface area contributed by atoms with Crippen LogP contribution in [0.2, 0.25) is 0 Å². The van der Waals surface area contributed by atoms with E-state index in [2.05, 4.69) is 45.1 Å². The van der Waals surface area contributed by atoms with Crippen LogP contribution in [0.3, 0.4) is 0 Å².